The minimum Gasteiger partial charge on any atom is -0.493 e. The van der Waals surface area contributed by atoms with Crippen molar-refractivity contribution in [1.29, 1.82) is 0 Å². The molecule has 0 N–H and O–H groups in total. The maximum atomic E-state index is 13.4. The zero-order valence-electron chi connectivity index (χ0n) is 15.1. The summed E-state index contributed by atoms with van der Waals surface area (Å²) < 4.78 is 24.5. The number of anilines is 1. The molecule has 6 heteroatoms. The average Bonchev–Trinajstić information content (AvgIpc) is 3.37. The van der Waals surface area contributed by atoms with Gasteiger partial charge in [0, 0.05) is 12.0 Å². The molecule has 1 aliphatic rings. The van der Waals surface area contributed by atoms with Crippen molar-refractivity contribution in [2.45, 2.75) is 12.5 Å². The van der Waals surface area contributed by atoms with Crippen LogP contribution in [-0.4, -0.2) is 19.9 Å². The summed E-state index contributed by atoms with van der Waals surface area (Å²) in [7, 11) is 3.27. The fourth-order valence-electron chi connectivity index (χ4n) is 3.35. The topological polar surface area (TPSA) is 34.1 Å². The molecule has 0 aliphatic carbocycles. The minimum absolute atomic E-state index is 0.0717. The summed E-state index contributed by atoms with van der Waals surface area (Å²) in [4.78, 5) is 1.13. The summed E-state index contributed by atoms with van der Waals surface area (Å²) in [6.07, 6.45) is 0.724. The van der Waals surface area contributed by atoms with Gasteiger partial charge in [0.1, 0.15) is 5.82 Å². The lowest BCUT2D eigenvalue weighted by atomic mass is 9.99. The Labute approximate surface area is 161 Å². The van der Waals surface area contributed by atoms with E-state index in [0.717, 1.165) is 28.3 Å². The number of para-hydroxylation sites is 1. The third-order valence-corrected chi connectivity index (χ3v) is 5.52. The van der Waals surface area contributed by atoms with Crippen LogP contribution < -0.4 is 14.5 Å². The van der Waals surface area contributed by atoms with Crippen LogP contribution in [0.5, 0.6) is 11.5 Å². The quantitative estimate of drug-likeness (QED) is 0.604. The molecule has 3 aromatic rings. The van der Waals surface area contributed by atoms with Crippen molar-refractivity contribution in [3.05, 3.63) is 76.2 Å². The van der Waals surface area contributed by atoms with Crippen LogP contribution in [0.4, 0.5) is 10.1 Å². The Morgan fingerprint density at radius 1 is 1.04 bits per heavy atom. The highest BCUT2D eigenvalue weighted by Crippen LogP contribution is 2.43. The molecule has 0 amide bonds. The van der Waals surface area contributed by atoms with E-state index in [1.807, 2.05) is 34.7 Å². The van der Waals surface area contributed by atoms with Crippen molar-refractivity contribution in [3.8, 4) is 11.5 Å². The van der Waals surface area contributed by atoms with E-state index in [1.165, 1.54) is 12.1 Å². The summed E-state index contributed by atoms with van der Waals surface area (Å²) in [5, 5.41) is 8.84. The van der Waals surface area contributed by atoms with Crippen molar-refractivity contribution < 1.29 is 13.9 Å². The highest BCUT2D eigenvalue weighted by atomic mass is 32.1. The van der Waals surface area contributed by atoms with Crippen LogP contribution in [0.15, 0.2) is 65.1 Å². The molecule has 4 nitrogen and oxygen atoms in total. The van der Waals surface area contributed by atoms with Crippen LogP contribution in [0.25, 0.3) is 0 Å². The highest BCUT2D eigenvalue weighted by molar-refractivity contribution is 7.12. The summed E-state index contributed by atoms with van der Waals surface area (Å²) in [6, 6.07) is 16.3. The Bertz CT molecular complexity index is 955. The number of nitrogens with zero attached hydrogens (tertiary/aromatic N) is 2. The zero-order chi connectivity index (χ0) is 18.8. The molecule has 1 unspecified atom stereocenters. The van der Waals surface area contributed by atoms with Crippen molar-refractivity contribution >= 4 is 22.7 Å². The number of thiophene rings is 1. The fourth-order valence-corrected chi connectivity index (χ4v) is 4.07. The van der Waals surface area contributed by atoms with Crippen LogP contribution in [-0.2, 0) is 0 Å². The number of hydrazone groups is 1. The lowest BCUT2D eigenvalue weighted by Crippen LogP contribution is -2.19. The molecule has 0 radical (unpaired) electrons. The number of rotatable bonds is 5. The molecule has 0 spiro atoms. The summed E-state index contributed by atoms with van der Waals surface area (Å²) in [5.41, 5.74) is 2.82. The molecule has 0 fully saturated rings. The lowest BCUT2D eigenvalue weighted by Gasteiger charge is -2.26. The first-order valence-corrected chi connectivity index (χ1v) is 9.46. The first-order chi connectivity index (χ1) is 13.2. The van der Waals surface area contributed by atoms with Crippen LogP contribution in [0.3, 0.4) is 0 Å². The van der Waals surface area contributed by atoms with E-state index in [2.05, 4.69) is 6.07 Å². The van der Waals surface area contributed by atoms with Crippen molar-refractivity contribution in [2.75, 3.05) is 19.2 Å². The molecule has 138 valence electrons. The van der Waals surface area contributed by atoms with Gasteiger partial charge in [0.15, 0.2) is 11.5 Å². The van der Waals surface area contributed by atoms with Gasteiger partial charge in [-0.05, 0) is 41.8 Å². The van der Waals surface area contributed by atoms with Crippen LogP contribution in [0.1, 0.15) is 22.9 Å². The molecule has 1 aromatic heterocycles. The van der Waals surface area contributed by atoms with E-state index in [0.29, 0.717) is 11.5 Å². The van der Waals surface area contributed by atoms with Crippen LogP contribution in [0.2, 0.25) is 0 Å². The summed E-state index contributed by atoms with van der Waals surface area (Å²) >= 11 is 1.66. The molecular formula is C21H19FN2O2S. The molecule has 27 heavy (non-hydrogen) atoms. The second kappa shape index (κ2) is 7.40. The number of hydrogen-bond donors (Lipinski definition) is 0. The smallest absolute Gasteiger partial charge is 0.166 e. The molecule has 0 saturated carbocycles. The van der Waals surface area contributed by atoms with Crippen LogP contribution >= 0.6 is 11.3 Å². The number of methoxy groups -OCH3 is 2. The Morgan fingerprint density at radius 3 is 2.52 bits per heavy atom. The second-order valence-electron chi connectivity index (χ2n) is 6.15. The van der Waals surface area contributed by atoms with Gasteiger partial charge >= 0.3 is 0 Å². The van der Waals surface area contributed by atoms with E-state index >= 15 is 0 Å². The predicted octanol–water partition coefficient (Wildman–Crippen LogP) is 5.26. The normalized spacial score (nSPS) is 16.3. The molecule has 2 heterocycles. The summed E-state index contributed by atoms with van der Waals surface area (Å²) in [5.74, 6) is 1.11. The van der Waals surface area contributed by atoms with E-state index < -0.39 is 0 Å². The van der Waals surface area contributed by atoms with E-state index in [-0.39, 0.29) is 11.9 Å². The highest BCUT2D eigenvalue weighted by Gasteiger charge is 2.33. The number of benzene rings is 2. The van der Waals surface area contributed by atoms with Crippen molar-refractivity contribution in [2.24, 2.45) is 5.10 Å². The molecular weight excluding hydrogens is 363 g/mol. The fraction of sp³-hybridized carbons (Fsp3) is 0.190. The molecule has 0 saturated heterocycles. The molecule has 2 aromatic carbocycles. The van der Waals surface area contributed by atoms with Gasteiger partial charge in [-0.3, -0.25) is 5.01 Å². The Kier molecular flexibility index (Phi) is 4.81. The van der Waals surface area contributed by atoms with Gasteiger partial charge in [-0.25, -0.2) is 4.39 Å². The standard InChI is InChI=1S/C21H19FN2O2S/c1-25-19-6-3-5-16(21(19)26-2)18-13-17(20-7-4-12-27-20)23-24(18)15-10-8-14(22)9-11-15/h3-12,18H,13H2,1-2H3. The number of halogens is 1. The predicted molar refractivity (Wildman–Crippen MR) is 107 cm³/mol. The van der Waals surface area contributed by atoms with Crippen molar-refractivity contribution in [1.82, 2.24) is 0 Å². The molecule has 4 rings (SSSR count). The van der Waals surface area contributed by atoms with Gasteiger partial charge in [-0.15, -0.1) is 11.3 Å². The zero-order valence-corrected chi connectivity index (χ0v) is 15.9. The van der Waals surface area contributed by atoms with E-state index in [1.54, 1.807) is 37.7 Å². The largest absolute Gasteiger partial charge is 0.493 e. The van der Waals surface area contributed by atoms with Crippen molar-refractivity contribution in [3.63, 3.8) is 0 Å². The maximum absolute atomic E-state index is 13.4. The van der Waals surface area contributed by atoms with Crippen LogP contribution in [0, 0.1) is 5.82 Å². The Morgan fingerprint density at radius 2 is 1.85 bits per heavy atom. The SMILES string of the molecule is COc1cccc(C2CC(c3cccs3)=NN2c2ccc(F)cc2)c1OC. The minimum atomic E-state index is -0.268. The van der Waals surface area contributed by atoms with E-state index in [4.69, 9.17) is 14.6 Å². The Hall–Kier alpha value is -2.86. The third-order valence-electron chi connectivity index (χ3n) is 4.60. The van der Waals surface area contributed by atoms with Gasteiger partial charge in [-0.2, -0.15) is 5.10 Å². The average molecular weight is 382 g/mol. The van der Waals surface area contributed by atoms with Gasteiger partial charge in [0.25, 0.3) is 0 Å². The lowest BCUT2D eigenvalue weighted by molar-refractivity contribution is 0.349. The van der Waals surface area contributed by atoms with Gasteiger partial charge in [0.05, 0.1) is 36.5 Å². The number of ether oxygens (including phenoxy) is 2. The first kappa shape index (κ1) is 17.5. The maximum Gasteiger partial charge on any atom is 0.166 e. The number of hydrogen-bond acceptors (Lipinski definition) is 5. The molecule has 1 aliphatic heterocycles. The first-order valence-electron chi connectivity index (χ1n) is 8.58. The van der Waals surface area contributed by atoms with Gasteiger partial charge < -0.3 is 9.47 Å². The van der Waals surface area contributed by atoms with Gasteiger partial charge in [0.2, 0.25) is 0 Å². The second-order valence-corrected chi connectivity index (χ2v) is 7.10. The summed E-state index contributed by atoms with van der Waals surface area (Å²) in [6.45, 7) is 0. The Balaban J connectivity index is 1.80. The van der Waals surface area contributed by atoms with E-state index in [9.17, 15) is 4.39 Å². The third kappa shape index (κ3) is 3.28. The molecule has 0 bridgehead atoms. The molecule has 1 atom stereocenters. The monoisotopic (exact) mass is 382 g/mol. The van der Waals surface area contributed by atoms with Gasteiger partial charge in [-0.1, -0.05) is 18.2 Å².